The molecule has 0 aromatic heterocycles. The van der Waals surface area contributed by atoms with Crippen LogP contribution in [0.1, 0.15) is 12.0 Å². The SMILES string of the molecule is CNC(=O)CN1CCCN(C(=O)C=Cc2cc(OC)c(OC)c(OC)c2)CC1. The molecule has 28 heavy (non-hydrogen) atoms. The van der Waals surface area contributed by atoms with Gasteiger partial charge in [-0.3, -0.25) is 14.5 Å². The number of hydrogen-bond donors (Lipinski definition) is 1. The molecule has 0 radical (unpaired) electrons. The highest BCUT2D eigenvalue weighted by Crippen LogP contribution is 2.38. The van der Waals surface area contributed by atoms with Crippen LogP contribution in [0.15, 0.2) is 18.2 Å². The first kappa shape index (κ1) is 21.6. The Morgan fingerprint density at radius 1 is 1.04 bits per heavy atom. The van der Waals surface area contributed by atoms with E-state index in [0.29, 0.717) is 43.4 Å². The van der Waals surface area contributed by atoms with Crippen LogP contribution < -0.4 is 19.5 Å². The van der Waals surface area contributed by atoms with Crippen LogP contribution in [0.5, 0.6) is 17.2 Å². The van der Waals surface area contributed by atoms with Crippen molar-refractivity contribution in [3.05, 3.63) is 23.8 Å². The maximum atomic E-state index is 12.6. The molecule has 0 atom stereocenters. The Kier molecular flexibility index (Phi) is 8.13. The van der Waals surface area contributed by atoms with Gasteiger partial charge in [-0.25, -0.2) is 0 Å². The fourth-order valence-electron chi connectivity index (χ4n) is 3.10. The van der Waals surface area contributed by atoms with E-state index in [1.165, 1.54) is 0 Å². The molecule has 154 valence electrons. The van der Waals surface area contributed by atoms with Crippen molar-refractivity contribution >= 4 is 17.9 Å². The third kappa shape index (κ3) is 5.63. The summed E-state index contributed by atoms with van der Waals surface area (Å²) in [5, 5.41) is 2.63. The summed E-state index contributed by atoms with van der Waals surface area (Å²) in [6, 6.07) is 3.58. The van der Waals surface area contributed by atoms with Crippen molar-refractivity contribution in [1.82, 2.24) is 15.1 Å². The molecular weight excluding hydrogens is 362 g/mol. The molecule has 1 N–H and O–H groups in total. The lowest BCUT2D eigenvalue weighted by Gasteiger charge is -2.20. The van der Waals surface area contributed by atoms with E-state index in [1.807, 2.05) is 0 Å². The van der Waals surface area contributed by atoms with Gasteiger partial charge in [-0.15, -0.1) is 0 Å². The van der Waals surface area contributed by atoms with Crippen molar-refractivity contribution in [3.8, 4) is 17.2 Å². The Bertz CT molecular complexity index is 695. The zero-order chi connectivity index (χ0) is 20.5. The lowest BCUT2D eigenvalue weighted by molar-refractivity contribution is -0.125. The Morgan fingerprint density at radius 2 is 1.71 bits per heavy atom. The lowest BCUT2D eigenvalue weighted by atomic mass is 10.1. The lowest BCUT2D eigenvalue weighted by Crippen LogP contribution is -2.38. The first-order valence-electron chi connectivity index (χ1n) is 9.22. The van der Waals surface area contributed by atoms with Crippen LogP contribution in [0.3, 0.4) is 0 Å². The first-order chi connectivity index (χ1) is 13.5. The third-order valence-electron chi connectivity index (χ3n) is 4.65. The predicted octanol–water partition coefficient (Wildman–Crippen LogP) is 1.01. The van der Waals surface area contributed by atoms with Crippen LogP contribution in [0.4, 0.5) is 0 Å². The number of amides is 2. The van der Waals surface area contributed by atoms with Crippen molar-refractivity contribution in [2.75, 3.05) is 61.1 Å². The molecule has 8 heteroatoms. The molecule has 0 aliphatic carbocycles. The fourth-order valence-corrected chi connectivity index (χ4v) is 3.10. The molecule has 1 saturated heterocycles. The summed E-state index contributed by atoms with van der Waals surface area (Å²) in [4.78, 5) is 28.0. The van der Waals surface area contributed by atoms with Crippen molar-refractivity contribution in [2.45, 2.75) is 6.42 Å². The molecule has 0 bridgehead atoms. The highest BCUT2D eigenvalue weighted by Gasteiger charge is 2.19. The average molecular weight is 391 g/mol. The van der Waals surface area contributed by atoms with Gasteiger partial charge in [-0.05, 0) is 30.2 Å². The molecule has 0 spiro atoms. The number of methoxy groups -OCH3 is 3. The van der Waals surface area contributed by atoms with Crippen LogP contribution >= 0.6 is 0 Å². The second-order valence-corrected chi connectivity index (χ2v) is 6.42. The van der Waals surface area contributed by atoms with Crippen LogP contribution in [-0.2, 0) is 9.59 Å². The van der Waals surface area contributed by atoms with Gasteiger partial charge in [0.05, 0.1) is 27.9 Å². The number of carbonyl (C=O) groups excluding carboxylic acids is 2. The molecule has 0 saturated carbocycles. The van der Waals surface area contributed by atoms with E-state index in [-0.39, 0.29) is 11.8 Å². The van der Waals surface area contributed by atoms with E-state index in [9.17, 15) is 9.59 Å². The Labute approximate surface area is 166 Å². The van der Waals surface area contributed by atoms with E-state index in [1.54, 1.807) is 57.6 Å². The van der Waals surface area contributed by atoms with E-state index >= 15 is 0 Å². The molecule has 1 heterocycles. The van der Waals surface area contributed by atoms with Gasteiger partial charge in [0.1, 0.15) is 0 Å². The summed E-state index contributed by atoms with van der Waals surface area (Å²) >= 11 is 0. The van der Waals surface area contributed by atoms with E-state index in [4.69, 9.17) is 14.2 Å². The maximum Gasteiger partial charge on any atom is 0.246 e. The highest BCUT2D eigenvalue weighted by atomic mass is 16.5. The summed E-state index contributed by atoms with van der Waals surface area (Å²) in [6.45, 7) is 3.10. The molecule has 8 nitrogen and oxygen atoms in total. The number of likely N-dealkylation sites (N-methyl/N-ethyl adjacent to an activating group) is 1. The molecule has 0 unspecified atom stereocenters. The van der Waals surface area contributed by atoms with E-state index in [2.05, 4.69) is 10.2 Å². The molecule has 1 aromatic rings. The summed E-state index contributed by atoms with van der Waals surface area (Å²) in [5.74, 6) is 1.51. The number of ether oxygens (including phenoxy) is 3. The summed E-state index contributed by atoms with van der Waals surface area (Å²) in [6.07, 6.45) is 4.12. The Morgan fingerprint density at radius 3 is 2.29 bits per heavy atom. The van der Waals surface area contributed by atoms with Gasteiger partial charge in [-0.2, -0.15) is 0 Å². The first-order valence-corrected chi connectivity index (χ1v) is 9.22. The van der Waals surface area contributed by atoms with Crippen LogP contribution in [0, 0.1) is 0 Å². The molecule has 1 aliphatic rings. The fraction of sp³-hybridized carbons (Fsp3) is 0.500. The van der Waals surface area contributed by atoms with Crippen LogP contribution in [-0.4, -0.2) is 82.7 Å². The predicted molar refractivity (Wildman–Crippen MR) is 107 cm³/mol. The van der Waals surface area contributed by atoms with Crippen molar-refractivity contribution < 1.29 is 23.8 Å². The topological polar surface area (TPSA) is 80.3 Å². The van der Waals surface area contributed by atoms with Gasteiger partial charge in [-0.1, -0.05) is 0 Å². The van der Waals surface area contributed by atoms with Gasteiger partial charge in [0, 0.05) is 39.3 Å². The smallest absolute Gasteiger partial charge is 0.246 e. The maximum absolute atomic E-state index is 12.6. The standard InChI is InChI=1S/C20H29N3O5/c1-21-18(24)14-22-8-5-9-23(11-10-22)19(25)7-6-15-12-16(26-2)20(28-4)17(13-15)27-3/h6-7,12-13H,5,8-11,14H2,1-4H3,(H,21,24). The van der Waals surface area contributed by atoms with Crippen LogP contribution in [0.2, 0.25) is 0 Å². The minimum Gasteiger partial charge on any atom is -0.493 e. The van der Waals surface area contributed by atoms with Crippen molar-refractivity contribution in [1.29, 1.82) is 0 Å². The number of hydrogen-bond acceptors (Lipinski definition) is 6. The number of nitrogens with zero attached hydrogens (tertiary/aromatic N) is 2. The van der Waals surface area contributed by atoms with Crippen molar-refractivity contribution in [2.24, 2.45) is 0 Å². The second kappa shape index (κ2) is 10.6. The molecule has 1 aliphatic heterocycles. The van der Waals surface area contributed by atoms with E-state index in [0.717, 1.165) is 18.5 Å². The van der Waals surface area contributed by atoms with Crippen LogP contribution in [0.25, 0.3) is 6.08 Å². The average Bonchev–Trinajstić information content (AvgIpc) is 2.96. The number of nitrogens with one attached hydrogen (secondary N) is 1. The Balaban J connectivity index is 2.04. The van der Waals surface area contributed by atoms with Gasteiger partial charge in [0.2, 0.25) is 17.6 Å². The third-order valence-corrected chi connectivity index (χ3v) is 4.65. The molecule has 2 rings (SSSR count). The molecular formula is C20H29N3O5. The van der Waals surface area contributed by atoms with Gasteiger partial charge in [0.25, 0.3) is 0 Å². The molecule has 1 fully saturated rings. The quantitative estimate of drug-likeness (QED) is 0.699. The number of benzene rings is 1. The summed E-state index contributed by atoms with van der Waals surface area (Å²) in [5.41, 5.74) is 0.777. The summed E-state index contributed by atoms with van der Waals surface area (Å²) < 4.78 is 16.0. The molecule has 1 aromatic carbocycles. The normalized spacial score (nSPS) is 15.2. The second-order valence-electron chi connectivity index (χ2n) is 6.42. The van der Waals surface area contributed by atoms with Gasteiger partial charge < -0.3 is 24.4 Å². The number of rotatable bonds is 7. The van der Waals surface area contributed by atoms with E-state index < -0.39 is 0 Å². The minimum atomic E-state index is -0.0597. The molecule has 2 amide bonds. The van der Waals surface area contributed by atoms with Gasteiger partial charge >= 0.3 is 0 Å². The monoisotopic (exact) mass is 391 g/mol. The highest BCUT2D eigenvalue weighted by molar-refractivity contribution is 5.92. The van der Waals surface area contributed by atoms with Crippen molar-refractivity contribution in [3.63, 3.8) is 0 Å². The number of carbonyl (C=O) groups is 2. The Hall–Kier alpha value is -2.74. The van der Waals surface area contributed by atoms with Gasteiger partial charge in [0.15, 0.2) is 11.5 Å². The summed E-state index contributed by atoms with van der Waals surface area (Å²) in [7, 11) is 6.28. The zero-order valence-corrected chi connectivity index (χ0v) is 17.0. The zero-order valence-electron chi connectivity index (χ0n) is 17.0. The minimum absolute atomic E-state index is 0.0120. The largest absolute Gasteiger partial charge is 0.493 e.